The molecule has 7 aromatic carbocycles. The van der Waals surface area contributed by atoms with Crippen molar-refractivity contribution in [2.45, 2.75) is 0 Å². The number of hydrogen-bond donors (Lipinski definition) is 1. The summed E-state index contributed by atoms with van der Waals surface area (Å²) in [7, 11) is 1.71. The summed E-state index contributed by atoms with van der Waals surface area (Å²) < 4.78 is 0. The maximum Gasteiger partial charge on any atom is 0.194 e. The fourth-order valence-electron chi connectivity index (χ4n) is 7.57. The van der Waals surface area contributed by atoms with Crippen LogP contribution in [0.2, 0.25) is 0 Å². The molecule has 2 aliphatic rings. The SMILES string of the molecule is CN/C(C#N)=C1\C(=C\c2ccc3cc(-c4ccc5c6c(cccc46)-c4ccccc4N5c4ccccc4)ccc3c2)C(=O)c2ccccc21. The second kappa shape index (κ2) is 11.2. The number of nitrogens with one attached hydrogen (secondary N) is 1. The number of para-hydroxylation sites is 2. The van der Waals surface area contributed by atoms with Gasteiger partial charge in [-0.1, -0.05) is 109 Å². The summed E-state index contributed by atoms with van der Waals surface area (Å²) in [6.07, 6.45) is 1.91. The van der Waals surface area contributed by atoms with Crippen LogP contribution in [0.15, 0.2) is 157 Å². The highest BCUT2D eigenvalue weighted by atomic mass is 16.1. The van der Waals surface area contributed by atoms with Gasteiger partial charge in [0.15, 0.2) is 5.78 Å². The fourth-order valence-corrected chi connectivity index (χ4v) is 7.57. The summed E-state index contributed by atoms with van der Waals surface area (Å²) in [6.45, 7) is 0. The monoisotopic (exact) mass is 627 g/mol. The average molecular weight is 628 g/mol. The summed E-state index contributed by atoms with van der Waals surface area (Å²) >= 11 is 0. The zero-order valence-corrected chi connectivity index (χ0v) is 26.7. The van der Waals surface area contributed by atoms with Gasteiger partial charge in [-0.3, -0.25) is 4.79 Å². The number of rotatable bonds is 4. The Morgan fingerprint density at radius 1 is 0.653 bits per heavy atom. The van der Waals surface area contributed by atoms with Crippen LogP contribution in [0.5, 0.6) is 0 Å². The van der Waals surface area contributed by atoms with Gasteiger partial charge in [-0.15, -0.1) is 0 Å². The van der Waals surface area contributed by atoms with E-state index in [1.165, 1.54) is 38.8 Å². The number of carbonyl (C=O) groups excluding carboxylic acids is 1. The van der Waals surface area contributed by atoms with Crippen molar-refractivity contribution >= 4 is 56.0 Å². The Morgan fingerprint density at radius 2 is 1.37 bits per heavy atom. The zero-order valence-electron chi connectivity index (χ0n) is 26.7. The highest BCUT2D eigenvalue weighted by Crippen LogP contribution is 2.52. The number of Topliss-reactive ketones (excluding diaryl/α,β-unsaturated/α-hetero) is 1. The van der Waals surface area contributed by atoms with Gasteiger partial charge in [0.1, 0.15) is 11.8 Å². The summed E-state index contributed by atoms with van der Waals surface area (Å²) in [5.41, 5.74) is 12.1. The van der Waals surface area contributed by atoms with E-state index in [1.807, 2.05) is 36.4 Å². The van der Waals surface area contributed by atoms with Crippen molar-refractivity contribution in [3.63, 3.8) is 0 Å². The first-order valence-corrected chi connectivity index (χ1v) is 16.4. The van der Waals surface area contributed by atoms with Crippen LogP contribution in [-0.2, 0) is 0 Å². The van der Waals surface area contributed by atoms with Gasteiger partial charge in [-0.2, -0.15) is 5.26 Å². The predicted molar refractivity (Wildman–Crippen MR) is 201 cm³/mol. The molecule has 0 fully saturated rings. The van der Waals surface area contributed by atoms with Crippen molar-refractivity contribution < 1.29 is 4.79 Å². The Labute approximate surface area is 284 Å². The molecule has 1 aliphatic heterocycles. The molecule has 4 heteroatoms. The van der Waals surface area contributed by atoms with E-state index < -0.39 is 0 Å². The molecule has 0 radical (unpaired) electrons. The summed E-state index contributed by atoms with van der Waals surface area (Å²) in [5, 5.41) is 17.5. The third kappa shape index (κ3) is 4.41. The molecule has 0 aromatic heterocycles. The molecule has 0 amide bonds. The number of fused-ring (bicyclic) bond motifs is 4. The van der Waals surface area contributed by atoms with Crippen LogP contribution in [0.4, 0.5) is 17.1 Å². The molecule has 0 bridgehead atoms. The first kappa shape index (κ1) is 28.5. The van der Waals surface area contributed by atoms with Gasteiger partial charge in [0.05, 0.1) is 11.4 Å². The maximum absolute atomic E-state index is 13.5. The maximum atomic E-state index is 13.5. The molecule has 0 atom stereocenters. The first-order chi connectivity index (χ1) is 24.1. The zero-order chi connectivity index (χ0) is 33.1. The van der Waals surface area contributed by atoms with Crippen LogP contribution < -0.4 is 10.2 Å². The molecule has 1 aliphatic carbocycles. The smallest absolute Gasteiger partial charge is 0.194 e. The van der Waals surface area contributed by atoms with Gasteiger partial charge in [0.2, 0.25) is 0 Å². The molecule has 9 rings (SSSR count). The Bertz CT molecular complexity index is 2620. The molecule has 0 saturated carbocycles. The minimum Gasteiger partial charge on any atom is -0.379 e. The van der Waals surface area contributed by atoms with Gasteiger partial charge in [-0.25, -0.2) is 0 Å². The van der Waals surface area contributed by atoms with Crippen molar-refractivity contribution in [2.24, 2.45) is 0 Å². The van der Waals surface area contributed by atoms with Crippen molar-refractivity contribution in [3.8, 4) is 28.3 Å². The molecule has 4 nitrogen and oxygen atoms in total. The number of anilines is 3. The molecule has 0 unspecified atom stereocenters. The Hall–Kier alpha value is -6.70. The molecule has 1 N–H and O–H groups in total. The molecular weight excluding hydrogens is 599 g/mol. The molecule has 7 aromatic rings. The van der Waals surface area contributed by atoms with Crippen LogP contribution in [-0.4, -0.2) is 12.8 Å². The topological polar surface area (TPSA) is 56.1 Å². The van der Waals surface area contributed by atoms with E-state index in [9.17, 15) is 10.1 Å². The van der Waals surface area contributed by atoms with E-state index in [1.54, 1.807) is 7.05 Å². The van der Waals surface area contributed by atoms with Gasteiger partial charge in [0.25, 0.3) is 0 Å². The third-order valence-electron chi connectivity index (χ3n) is 9.76. The van der Waals surface area contributed by atoms with E-state index in [-0.39, 0.29) is 5.78 Å². The molecule has 49 heavy (non-hydrogen) atoms. The Morgan fingerprint density at radius 3 is 2.18 bits per heavy atom. The largest absolute Gasteiger partial charge is 0.379 e. The number of hydrogen-bond acceptors (Lipinski definition) is 4. The average Bonchev–Trinajstić information content (AvgIpc) is 3.43. The predicted octanol–water partition coefficient (Wildman–Crippen LogP) is 10.8. The minimum absolute atomic E-state index is 0.0691. The minimum atomic E-state index is -0.0691. The Kier molecular flexibility index (Phi) is 6.53. The number of carbonyl (C=O) groups is 1. The summed E-state index contributed by atoms with van der Waals surface area (Å²) in [4.78, 5) is 15.9. The normalized spacial score (nSPS) is 14.9. The number of ketones is 1. The lowest BCUT2D eigenvalue weighted by atomic mass is 9.87. The first-order valence-electron chi connectivity index (χ1n) is 16.4. The van der Waals surface area contributed by atoms with Gasteiger partial charge in [0, 0.05) is 40.4 Å². The lowest BCUT2D eigenvalue weighted by Gasteiger charge is -2.34. The van der Waals surface area contributed by atoms with E-state index in [4.69, 9.17) is 0 Å². The van der Waals surface area contributed by atoms with Crippen LogP contribution in [0.1, 0.15) is 21.5 Å². The quantitative estimate of drug-likeness (QED) is 0.156. The highest BCUT2D eigenvalue weighted by Gasteiger charge is 2.32. The van der Waals surface area contributed by atoms with E-state index in [2.05, 4.69) is 132 Å². The molecule has 1 heterocycles. The standard InChI is InChI=1S/C45H29N3O/c1-47-40(27-46)43-37-13-5-6-14-38(37)45(49)39(43)25-28-18-19-30-26-31(21-20-29(30)24-28)33-22-23-42-44-35(33)15-9-16-36(44)34-12-7-8-17-41(34)48(42)32-10-3-2-4-11-32/h2-26,47H,1H3/b39-25-,43-40-. The lowest BCUT2D eigenvalue weighted by molar-refractivity contribution is 0.104. The fraction of sp³-hybridized carbons (Fsp3) is 0.0222. The van der Waals surface area contributed by atoms with Crippen molar-refractivity contribution in [1.82, 2.24) is 5.32 Å². The molecule has 230 valence electrons. The summed E-state index contributed by atoms with van der Waals surface area (Å²) in [5.74, 6) is -0.0691. The van der Waals surface area contributed by atoms with E-state index in [0.717, 1.165) is 33.2 Å². The second-order valence-electron chi connectivity index (χ2n) is 12.4. The summed E-state index contributed by atoms with van der Waals surface area (Å²) in [6, 6.07) is 52.9. The van der Waals surface area contributed by atoms with Crippen LogP contribution in [0, 0.1) is 11.3 Å². The lowest BCUT2D eigenvalue weighted by Crippen LogP contribution is -2.15. The van der Waals surface area contributed by atoms with Gasteiger partial charge < -0.3 is 10.2 Å². The highest BCUT2D eigenvalue weighted by molar-refractivity contribution is 6.29. The number of nitrogens with zero attached hydrogens (tertiary/aromatic N) is 2. The van der Waals surface area contributed by atoms with Crippen molar-refractivity contribution in [1.29, 1.82) is 5.26 Å². The van der Waals surface area contributed by atoms with Gasteiger partial charge in [-0.05, 0) is 86.5 Å². The van der Waals surface area contributed by atoms with Crippen LogP contribution in [0.3, 0.4) is 0 Å². The number of nitriles is 1. The molecule has 0 saturated heterocycles. The number of benzene rings is 7. The number of allylic oxidation sites excluding steroid dienone is 3. The van der Waals surface area contributed by atoms with Gasteiger partial charge >= 0.3 is 0 Å². The van der Waals surface area contributed by atoms with E-state index in [0.29, 0.717) is 22.4 Å². The molecular formula is C45H29N3O. The van der Waals surface area contributed by atoms with Crippen LogP contribution in [0.25, 0.3) is 55.4 Å². The van der Waals surface area contributed by atoms with Crippen LogP contribution >= 0.6 is 0 Å². The second-order valence-corrected chi connectivity index (χ2v) is 12.4. The van der Waals surface area contributed by atoms with E-state index >= 15 is 0 Å². The molecule has 0 spiro atoms. The Balaban J connectivity index is 1.15. The van der Waals surface area contributed by atoms with Crippen molar-refractivity contribution in [3.05, 3.63) is 174 Å². The third-order valence-corrected chi connectivity index (χ3v) is 9.76. The van der Waals surface area contributed by atoms with Crippen molar-refractivity contribution in [2.75, 3.05) is 11.9 Å².